The largest absolute Gasteiger partial charge is 0.469 e. The fraction of sp³-hybridized carbons (Fsp3) is 0.875. The SMILES string of the molecule is COC(=O)[C@H]1CCC[C@H]1CN. The Bertz CT molecular complexity index is 147. The molecular weight excluding hydrogens is 142 g/mol. The molecule has 0 saturated heterocycles. The Kier molecular flexibility index (Phi) is 2.88. The van der Waals surface area contributed by atoms with Crippen LogP contribution in [0.5, 0.6) is 0 Å². The molecule has 1 aliphatic carbocycles. The third kappa shape index (κ3) is 1.71. The molecule has 1 rings (SSSR count). The minimum Gasteiger partial charge on any atom is -0.469 e. The number of hydrogen-bond acceptors (Lipinski definition) is 3. The van der Waals surface area contributed by atoms with Crippen molar-refractivity contribution in [1.82, 2.24) is 0 Å². The highest BCUT2D eigenvalue weighted by Gasteiger charge is 2.32. The molecule has 0 aromatic carbocycles. The Morgan fingerprint density at radius 3 is 2.91 bits per heavy atom. The van der Waals surface area contributed by atoms with Gasteiger partial charge in [0.15, 0.2) is 0 Å². The maximum Gasteiger partial charge on any atom is 0.308 e. The Morgan fingerprint density at radius 1 is 1.64 bits per heavy atom. The minimum atomic E-state index is -0.0852. The Balaban J connectivity index is 2.49. The van der Waals surface area contributed by atoms with Gasteiger partial charge in [-0.2, -0.15) is 0 Å². The summed E-state index contributed by atoms with van der Waals surface area (Å²) in [4.78, 5) is 11.1. The van der Waals surface area contributed by atoms with E-state index >= 15 is 0 Å². The summed E-state index contributed by atoms with van der Waals surface area (Å²) < 4.78 is 4.67. The van der Waals surface area contributed by atoms with Gasteiger partial charge in [0.2, 0.25) is 0 Å². The van der Waals surface area contributed by atoms with Crippen LogP contribution in [0, 0.1) is 11.8 Å². The third-order valence-electron chi connectivity index (χ3n) is 2.47. The highest BCUT2D eigenvalue weighted by atomic mass is 16.5. The number of methoxy groups -OCH3 is 1. The van der Waals surface area contributed by atoms with E-state index in [1.165, 1.54) is 7.11 Å². The lowest BCUT2D eigenvalue weighted by Crippen LogP contribution is -2.25. The van der Waals surface area contributed by atoms with Crippen LogP contribution in [0.3, 0.4) is 0 Å². The van der Waals surface area contributed by atoms with Crippen LogP contribution >= 0.6 is 0 Å². The molecular formula is C8H15NO2. The predicted molar refractivity (Wildman–Crippen MR) is 41.9 cm³/mol. The van der Waals surface area contributed by atoms with Crippen molar-refractivity contribution in [2.24, 2.45) is 17.6 Å². The summed E-state index contributed by atoms with van der Waals surface area (Å²) in [7, 11) is 1.44. The lowest BCUT2D eigenvalue weighted by molar-refractivity contribution is -0.146. The van der Waals surface area contributed by atoms with E-state index in [-0.39, 0.29) is 11.9 Å². The zero-order chi connectivity index (χ0) is 8.27. The molecule has 0 bridgehead atoms. The van der Waals surface area contributed by atoms with Crippen molar-refractivity contribution < 1.29 is 9.53 Å². The highest BCUT2D eigenvalue weighted by molar-refractivity contribution is 5.72. The zero-order valence-electron chi connectivity index (χ0n) is 6.88. The fourth-order valence-corrected chi connectivity index (χ4v) is 1.78. The van der Waals surface area contributed by atoms with E-state index in [1.807, 2.05) is 0 Å². The molecule has 0 spiro atoms. The smallest absolute Gasteiger partial charge is 0.308 e. The molecule has 0 aromatic rings. The van der Waals surface area contributed by atoms with Crippen LogP contribution < -0.4 is 5.73 Å². The van der Waals surface area contributed by atoms with Crippen LogP contribution in [-0.4, -0.2) is 19.6 Å². The van der Waals surface area contributed by atoms with Crippen molar-refractivity contribution >= 4 is 5.97 Å². The van der Waals surface area contributed by atoms with Gasteiger partial charge in [0, 0.05) is 0 Å². The summed E-state index contributed by atoms with van der Waals surface area (Å²) in [6.07, 6.45) is 3.15. The molecule has 0 radical (unpaired) electrons. The predicted octanol–water partition coefficient (Wildman–Crippen LogP) is 0.534. The van der Waals surface area contributed by atoms with Crippen molar-refractivity contribution in [3.63, 3.8) is 0 Å². The Labute approximate surface area is 66.9 Å². The highest BCUT2D eigenvalue weighted by Crippen LogP contribution is 2.31. The van der Waals surface area contributed by atoms with Crippen LogP contribution in [0.2, 0.25) is 0 Å². The number of rotatable bonds is 2. The standard InChI is InChI=1S/C8H15NO2/c1-11-8(10)7-4-2-3-6(7)5-9/h6-7H,2-5,9H2,1H3/t6-,7-/m0/s1. The van der Waals surface area contributed by atoms with Gasteiger partial charge in [-0.1, -0.05) is 6.42 Å². The van der Waals surface area contributed by atoms with Gasteiger partial charge in [0.05, 0.1) is 13.0 Å². The van der Waals surface area contributed by atoms with Crippen LogP contribution in [0.4, 0.5) is 0 Å². The van der Waals surface area contributed by atoms with Crippen LogP contribution in [0.15, 0.2) is 0 Å². The Morgan fingerprint density at radius 2 is 2.36 bits per heavy atom. The monoisotopic (exact) mass is 157 g/mol. The molecule has 1 fully saturated rings. The van der Waals surface area contributed by atoms with Crippen molar-refractivity contribution in [1.29, 1.82) is 0 Å². The van der Waals surface area contributed by atoms with Crippen molar-refractivity contribution in [3.8, 4) is 0 Å². The lowest BCUT2D eigenvalue weighted by atomic mass is 9.97. The van der Waals surface area contributed by atoms with Gasteiger partial charge < -0.3 is 10.5 Å². The first-order valence-electron chi connectivity index (χ1n) is 4.07. The van der Waals surface area contributed by atoms with E-state index in [0.29, 0.717) is 12.5 Å². The maximum absolute atomic E-state index is 11.1. The van der Waals surface area contributed by atoms with E-state index in [2.05, 4.69) is 4.74 Å². The van der Waals surface area contributed by atoms with Gasteiger partial charge in [0.25, 0.3) is 0 Å². The van der Waals surface area contributed by atoms with Gasteiger partial charge in [0.1, 0.15) is 0 Å². The maximum atomic E-state index is 11.1. The molecule has 0 unspecified atom stereocenters. The number of esters is 1. The van der Waals surface area contributed by atoms with Crippen molar-refractivity contribution in [3.05, 3.63) is 0 Å². The third-order valence-corrected chi connectivity index (χ3v) is 2.47. The number of ether oxygens (including phenoxy) is 1. The van der Waals surface area contributed by atoms with Gasteiger partial charge in [-0.15, -0.1) is 0 Å². The quantitative estimate of drug-likeness (QED) is 0.595. The molecule has 3 heteroatoms. The molecule has 0 heterocycles. The lowest BCUT2D eigenvalue weighted by Gasteiger charge is -2.14. The van der Waals surface area contributed by atoms with E-state index in [1.54, 1.807) is 0 Å². The van der Waals surface area contributed by atoms with Gasteiger partial charge in [-0.3, -0.25) is 4.79 Å². The molecule has 2 N–H and O–H groups in total. The van der Waals surface area contributed by atoms with E-state index in [4.69, 9.17) is 5.73 Å². The molecule has 3 nitrogen and oxygen atoms in total. The number of nitrogens with two attached hydrogens (primary N) is 1. The normalized spacial score (nSPS) is 30.4. The first-order valence-corrected chi connectivity index (χ1v) is 4.07. The summed E-state index contributed by atoms with van der Waals surface area (Å²) in [5, 5.41) is 0. The molecule has 0 aliphatic heterocycles. The van der Waals surface area contributed by atoms with Crippen LogP contribution in [0.1, 0.15) is 19.3 Å². The first-order chi connectivity index (χ1) is 5.29. The number of carbonyl (C=O) groups is 1. The topological polar surface area (TPSA) is 52.3 Å². The molecule has 1 saturated carbocycles. The first kappa shape index (κ1) is 8.53. The van der Waals surface area contributed by atoms with E-state index in [0.717, 1.165) is 19.3 Å². The average molecular weight is 157 g/mol. The summed E-state index contributed by atoms with van der Waals surface area (Å²) in [6.45, 7) is 0.611. The van der Waals surface area contributed by atoms with Gasteiger partial charge in [-0.25, -0.2) is 0 Å². The molecule has 64 valence electrons. The molecule has 11 heavy (non-hydrogen) atoms. The second-order valence-corrected chi connectivity index (χ2v) is 3.06. The summed E-state index contributed by atoms with van der Waals surface area (Å²) in [6, 6.07) is 0. The van der Waals surface area contributed by atoms with E-state index < -0.39 is 0 Å². The average Bonchev–Trinajstić information content (AvgIpc) is 2.50. The van der Waals surface area contributed by atoms with Crippen LogP contribution in [0.25, 0.3) is 0 Å². The van der Waals surface area contributed by atoms with Crippen molar-refractivity contribution in [2.45, 2.75) is 19.3 Å². The van der Waals surface area contributed by atoms with Crippen molar-refractivity contribution in [2.75, 3.05) is 13.7 Å². The second-order valence-electron chi connectivity index (χ2n) is 3.06. The molecule has 2 atom stereocenters. The van der Waals surface area contributed by atoms with E-state index in [9.17, 15) is 4.79 Å². The van der Waals surface area contributed by atoms with Gasteiger partial charge >= 0.3 is 5.97 Å². The fourth-order valence-electron chi connectivity index (χ4n) is 1.78. The van der Waals surface area contributed by atoms with Gasteiger partial charge in [-0.05, 0) is 25.3 Å². The second kappa shape index (κ2) is 3.72. The van der Waals surface area contributed by atoms with Crippen LogP contribution in [-0.2, 0) is 9.53 Å². The molecule has 0 amide bonds. The number of carbonyl (C=O) groups excluding carboxylic acids is 1. The molecule has 1 aliphatic rings. The Hall–Kier alpha value is -0.570. The summed E-state index contributed by atoms with van der Waals surface area (Å²) in [5.41, 5.74) is 5.51. The minimum absolute atomic E-state index is 0.0741. The summed E-state index contributed by atoms with van der Waals surface area (Å²) in [5.74, 6) is 0.352. The summed E-state index contributed by atoms with van der Waals surface area (Å²) >= 11 is 0. The number of hydrogen-bond donors (Lipinski definition) is 1. The molecule has 0 aromatic heterocycles. The zero-order valence-corrected chi connectivity index (χ0v) is 6.88.